The number of benzene rings is 1. The van der Waals surface area contributed by atoms with Crippen LogP contribution in [0, 0.1) is 5.92 Å². The zero-order valence-electron chi connectivity index (χ0n) is 22.4. The molecule has 0 unspecified atom stereocenters. The van der Waals surface area contributed by atoms with E-state index in [1.54, 1.807) is 6.07 Å². The topological polar surface area (TPSA) is 65.1 Å². The van der Waals surface area contributed by atoms with Gasteiger partial charge in [0.25, 0.3) is 0 Å². The summed E-state index contributed by atoms with van der Waals surface area (Å²) in [7, 11) is -3.25. The van der Waals surface area contributed by atoms with E-state index in [4.69, 9.17) is 4.74 Å². The van der Waals surface area contributed by atoms with Gasteiger partial charge in [0.1, 0.15) is 0 Å². The normalized spacial score (nSPS) is 23.6. The number of halogens is 5. The molecule has 39 heavy (non-hydrogen) atoms. The van der Waals surface area contributed by atoms with Crippen molar-refractivity contribution in [3.8, 4) is 0 Å². The number of sulfonamides is 1. The average Bonchev–Trinajstić information content (AvgIpc) is 2.88. The molecule has 4 rings (SSSR count). The molecule has 0 amide bonds. The number of rotatable bonds is 10. The van der Waals surface area contributed by atoms with Crippen molar-refractivity contribution in [3.05, 3.63) is 29.8 Å². The standard InChI is InChI=1S/C26H41F3N4O3S.2ClH/c27-26(28,29)23-3-1-4-25(21-23)33-14-12-32(13-15-33)11-9-22-5-7-24(8-6-22)30-37(34,35)20-2-10-31-16-18-36-19-17-31;;/h1,3-4,21-22,24,30H,2,5-20H2;2*1H/t22-,24-;;. The van der Waals surface area contributed by atoms with Gasteiger partial charge >= 0.3 is 6.18 Å². The van der Waals surface area contributed by atoms with E-state index in [-0.39, 0.29) is 36.6 Å². The Labute approximate surface area is 243 Å². The third kappa shape index (κ3) is 11.2. The largest absolute Gasteiger partial charge is 0.416 e. The van der Waals surface area contributed by atoms with Gasteiger partial charge in [0, 0.05) is 51.0 Å². The minimum absolute atomic E-state index is 0. The maximum atomic E-state index is 13.0. The lowest BCUT2D eigenvalue weighted by Crippen LogP contribution is -2.47. The van der Waals surface area contributed by atoms with Crippen molar-refractivity contribution >= 4 is 40.5 Å². The molecule has 0 radical (unpaired) electrons. The molecule has 3 aliphatic rings. The van der Waals surface area contributed by atoms with E-state index in [2.05, 4.69) is 14.5 Å². The van der Waals surface area contributed by atoms with Crippen molar-refractivity contribution in [1.29, 1.82) is 0 Å². The molecule has 7 nitrogen and oxygen atoms in total. The first-order valence-corrected chi connectivity index (χ1v) is 15.3. The second-order valence-electron chi connectivity index (χ2n) is 10.6. The Kier molecular flexibility index (Phi) is 14.1. The van der Waals surface area contributed by atoms with Crippen LogP contribution >= 0.6 is 24.8 Å². The Morgan fingerprint density at radius 3 is 2.18 bits per heavy atom. The molecule has 2 heterocycles. The van der Waals surface area contributed by atoms with Crippen molar-refractivity contribution < 1.29 is 26.3 Å². The monoisotopic (exact) mass is 618 g/mol. The highest BCUT2D eigenvalue weighted by Crippen LogP contribution is 2.32. The number of piperazine rings is 1. The first-order chi connectivity index (χ1) is 17.7. The fraction of sp³-hybridized carbons (Fsp3) is 0.769. The number of hydrogen-bond donors (Lipinski definition) is 1. The zero-order chi connectivity index (χ0) is 26.3. The molecule has 2 aliphatic heterocycles. The first-order valence-electron chi connectivity index (χ1n) is 13.6. The lowest BCUT2D eigenvalue weighted by molar-refractivity contribution is -0.137. The first kappa shape index (κ1) is 34.4. The molecule has 1 N–H and O–H groups in total. The third-order valence-electron chi connectivity index (χ3n) is 7.95. The van der Waals surface area contributed by atoms with Gasteiger partial charge in [-0.05, 0) is 75.7 Å². The van der Waals surface area contributed by atoms with Crippen molar-refractivity contribution in [2.75, 3.05) is 76.2 Å². The summed E-state index contributed by atoms with van der Waals surface area (Å²) in [6, 6.07) is 5.63. The molecule has 1 saturated carbocycles. The molecule has 0 spiro atoms. The van der Waals surface area contributed by atoms with Crippen LogP contribution in [0.3, 0.4) is 0 Å². The summed E-state index contributed by atoms with van der Waals surface area (Å²) in [5, 5.41) is 0. The van der Waals surface area contributed by atoms with Crippen molar-refractivity contribution in [3.63, 3.8) is 0 Å². The van der Waals surface area contributed by atoms with E-state index in [0.29, 0.717) is 18.0 Å². The number of nitrogens with one attached hydrogen (secondary N) is 1. The predicted molar refractivity (Wildman–Crippen MR) is 154 cm³/mol. The number of anilines is 1. The molecule has 1 aliphatic carbocycles. The Morgan fingerprint density at radius 1 is 0.897 bits per heavy atom. The second kappa shape index (κ2) is 16.0. The molecular formula is C26H43Cl2F3N4O3S. The van der Waals surface area contributed by atoms with Gasteiger partial charge in [-0.3, -0.25) is 9.80 Å². The lowest BCUT2D eigenvalue weighted by Gasteiger charge is -2.37. The van der Waals surface area contributed by atoms with E-state index in [1.165, 1.54) is 12.1 Å². The SMILES string of the molecule is Cl.Cl.O=S(=O)(CCCN1CCOCC1)N[C@H]1CC[C@H](CCN2CCN(c3cccc(C(F)(F)F)c3)CC2)CC1. The summed E-state index contributed by atoms with van der Waals surface area (Å²) in [6.07, 6.45) is 1.25. The average molecular weight is 620 g/mol. The summed E-state index contributed by atoms with van der Waals surface area (Å²) in [4.78, 5) is 6.69. The van der Waals surface area contributed by atoms with Crippen molar-refractivity contribution in [2.45, 2.75) is 50.7 Å². The maximum Gasteiger partial charge on any atom is 0.416 e. The fourth-order valence-electron chi connectivity index (χ4n) is 5.66. The van der Waals surface area contributed by atoms with Gasteiger partial charge in [-0.2, -0.15) is 13.2 Å². The summed E-state index contributed by atoms with van der Waals surface area (Å²) in [6.45, 7) is 8.12. The summed E-state index contributed by atoms with van der Waals surface area (Å²) in [5.74, 6) is 0.778. The van der Waals surface area contributed by atoms with Crippen LogP contribution < -0.4 is 9.62 Å². The van der Waals surface area contributed by atoms with E-state index >= 15 is 0 Å². The molecule has 1 aromatic carbocycles. The molecule has 1 aromatic rings. The summed E-state index contributed by atoms with van der Waals surface area (Å²) >= 11 is 0. The van der Waals surface area contributed by atoms with Gasteiger partial charge in [0.2, 0.25) is 10.0 Å². The second-order valence-corrected chi connectivity index (χ2v) is 12.5. The van der Waals surface area contributed by atoms with Gasteiger partial charge < -0.3 is 9.64 Å². The molecule has 13 heteroatoms. The Morgan fingerprint density at radius 2 is 1.54 bits per heavy atom. The fourth-order valence-corrected chi connectivity index (χ4v) is 7.03. The van der Waals surface area contributed by atoms with Crippen LogP contribution in [-0.4, -0.2) is 95.6 Å². The van der Waals surface area contributed by atoms with Crippen LogP contribution in [0.2, 0.25) is 0 Å². The molecule has 0 atom stereocenters. The van der Waals surface area contributed by atoms with E-state index in [1.807, 2.05) is 4.90 Å². The Balaban J connectivity index is 0.00000267. The quantitative estimate of drug-likeness (QED) is 0.423. The van der Waals surface area contributed by atoms with Crippen molar-refractivity contribution in [1.82, 2.24) is 14.5 Å². The molecule has 226 valence electrons. The van der Waals surface area contributed by atoms with E-state index in [0.717, 1.165) is 104 Å². The molecule has 0 bridgehead atoms. The number of ether oxygens (including phenoxy) is 1. The van der Waals surface area contributed by atoms with E-state index in [9.17, 15) is 21.6 Å². The zero-order valence-corrected chi connectivity index (χ0v) is 24.9. The number of nitrogens with zero attached hydrogens (tertiary/aromatic N) is 3. The molecule has 0 aromatic heterocycles. The van der Waals surface area contributed by atoms with Gasteiger partial charge in [0.15, 0.2) is 0 Å². The predicted octanol–water partition coefficient (Wildman–Crippen LogP) is 4.26. The van der Waals surface area contributed by atoms with Gasteiger partial charge in [0.05, 0.1) is 24.5 Å². The van der Waals surface area contributed by atoms with Crippen LogP contribution in [0.15, 0.2) is 24.3 Å². The van der Waals surface area contributed by atoms with Crippen LogP contribution in [0.5, 0.6) is 0 Å². The van der Waals surface area contributed by atoms with Crippen molar-refractivity contribution in [2.24, 2.45) is 5.92 Å². The Bertz CT molecular complexity index is 952. The highest BCUT2D eigenvalue weighted by Gasteiger charge is 2.31. The van der Waals surface area contributed by atoms with Crippen LogP contribution in [-0.2, 0) is 20.9 Å². The number of hydrogen-bond acceptors (Lipinski definition) is 6. The summed E-state index contributed by atoms with van der Waals surface area (Å²) < 4.78 is 72.4. The van der Waals surface area contributed by atoms with E-state index < -0.39 is 21.8 Å². The smallest absolute Gasteiger partial charge is 0.379 e. The van der Waals surface area contributed by atoms with Gasteiger partial charge in [-0.25, -0.2) is 13.1 Å². The van der Waals surface area contributed by atoms with Crippen LogP contribution in [0.25, 0.3) is 0 Å². The minimum Gasteiger partial charge on any atom is -0.379 e. The van der Waals surface area contributed by atoms with Crippen LogP contribution in [0.1, 0.15) is 44.1 Å². The van der Waals surface area contributed by atoms with Crippen LogP contribution in [0.4, 0.5) is 18.9 Å². The lowest BCUT2D eigenvalue weighted by atomic mass is 9.84. The summed E-state index contributed by atoms with van der Waals surface area (Å²) in [5.41, 5.74) is 0.0367. The van der Waals surface area contributed by atoms with Gasteiger partial charge in [-0.15, -0.1) is 24.8 Å². The third-order valence-corrected chi connectivity index (χ3v) is 9.47. The maximum absolute atomic E-state index is 13.0. The minimum atomic E-state index is -4.32. The highest BCUT2D eigenvalue weighted by atomic mass is 35.5. The molecule has 2 saturated heterocycles. The molecule has 3 fully saturated rings. The molecular weight excluding hydrogens is 576 g/mol. The number of alkyl halides is 3. The Hall–Kier alpha value is -0.820. The van der Waals surface area contributed by atoms with Gasteiger partial charge in [-0.1, -0.05) is 6.07 Å². The highest BCUT2D eigenvalue weighted by molar-refractivity contribution is 7.89. The number of morpholine rings is 1.